The van der Waals surface area contributed by atoms with Crippen molar-refractivity contribution in [3.8, 4) is 17.6 Å². The predicted molar refractivity (Wildman–Crippen MR) is 120 cm³/mol. The van der Waals surface area contributed by atoms with Crippen molar-refractivity contribution in [1.29, 1.82) is 5.26 Å². The summed E-state index contributed by atoms with van der Waals surface area (Å²) in [6.07, 6.45) is 1.40. The Kier molecular flexibility index (Phi) is 9.46. The molecule has 172 valence electrons. The zero-order valence-corrected chi connectivity index (χ0v) is 18.5. The lowest BCUT2D eigenvalue weighted by molar-refractivity contribution is -0.145. The molecule has 0 radical (unpaired) electrons. The number of anilines is 1. The van der Waals surface area contributed by atoms with Crippen molar-refractivity contribution >= 4 is 29.6 Å². The van der Waals surface area contributed by atoms with Gasteiger partial charge in [-0.2, -0.15) is 5.26 Å². The molecule has 0 atom stereocenters. The predicted octanol–water partition coefficient (Wildman–Crippen LogP) is 3.36. The van der Waals surface area contributed by atoms with E-state index in [2.05, 4.69) is 10.1 Å². The Hall–Kier alpha value is -4.32. The summed E-state index contributed by atoms with van der Waals surface area (Å²) in [6.45, 7) is 3.81. The molecule has 0 aliphatic rings. The van der Waals surface area contributed by atoms with Crippen LogP contribution in [0.2, 0.25) is 0 Å². The molecular formula is C24H24N2O7. The van der Waals surface area contributed by atoms with Crippen molar-refractivity contribution in [3.63, 3.8) is 0 Å². The second-order valence-electron chi connectivity index (χ2n) is 6.43. The van der Waals surface area contributed by atoms with Crippen LogP contribution in [0.15, 0.2) is 48.0 Å². The van der Waals surface area contributed by atoms with Gasteiger partial charge in [0.15, 0.2) is 18.1 Å². The zero-order chi connectivity index (χ0) is 24.2. The fraction of sp³-hybridized carbons (Fsp3) is 0.250. The van der Waals surface area contributed by atoms with Gasteiger partial charge in [0.1, 0.15) is 11.6 Å². The van der Waals surface area contributed by atoms with Gasteiger partial charge in [-0.25, -0.2) is 9.59 Å². The summed E-state index contributed by atoms with van der Waals surface area (Å²) in [5.41, 5.74) is 1.12. The number of methoxy groups -OCH3 is 1. The molecular weight excluding hydrogens is 428 g/mol. The van der Waals surface area contributed by atoms with Gasteiger partial charge in [0.05, 0.1) is 25.9 Å². The van der Waals surface area contributed by atoms with Crippen LogP contribution in [0.5, 0.6) is 11.5 Å². The van der Waals surface area contributed by atoms with Crippen molar-refractivity contribution in [3.05, 3.63) is 59.2 Å². The van der Waals surface area contributed by atoms with Crippen molar-refractivity contribution in [2.45, 2.75) is 13.8 Å². The van der Waals surface area contributed by atoms with Crippen molar-refractivity contribution in [1.82, 2.24) is 0 Å². The van der Waals surface area contributed by atoms with E-state index in [1.54, 1.807) is 32.0 Å². The summed E-state index contributed by atoms with van der Waals surface area (Å²) in [4.78, 5) is 35.6. The topological polar surface area (TPSA) is 124 Å². The summed E-state index contributed by atoms with van der Waals surface area (Å²) < 4.78 is 20.5. The fourth-order valence-electron chi connectivity index (χ4n) is 2.66. The molecule has 0 bridgehead atoms. The highest BCUT2D eigenvalue weighted by Crippen LogP contribution is 2.29. The Morgan fingerprint density at radius 3 is 2.33 bits per heavy atom. The van der Waals surface area contributed by atoms with E-state index >= 15 is 0 Å². The highest BCUT2D eigenvalue weighted by atomic mass is 16.6. The first-order valence-corrected chi connectivity index (χ1v) is 10.1. The van der Waals surface area contributed by atoms with Crippen LogP contribution in [-0.2, 0) is 19.1 Å². The number of rotatable bonds is 10. The number of benzene rings is 2. The largest absolute Gasteiger partial charge is 0.490 e. The SMILES string of the molecule is CCOC(=O)COc1ccc(/C=C(\C#N)C(=O)Nc2ccc(C(=O)OC)cc2)cc1OCC. The molecule has 2 aromatic carbocycles. The van der Waals surface area contributed by atoms with Gasteiger partial charge in [0, 0.05) is 5.69 Å². The van der Waals surface area contributed by atoms with Gasteiger partial charge in [-0.1, -0.05) is 6.07 Å². The lowest BCUT2D eigenvalue weighted by atomic mass is 10.1. The molecule has 0 spiro atoms. The van der Waals surface area contributed by atoms with E-state index < -0.39 is 17.8 Å². The van der Waals surface area contributed by atoms with E-state index in [-0.39, 0.29) is 18.8 Å². The molecule has 1 N–H and O–H groups in total. The molecule has 33 heavy (non-hydrogen) atoms. The van der Waals surface area contributed by atoms with E-state index in [4.69, 9.17) is 14.2 Å². The molecule has 0 heterocycles. The summed E-state index contributed by atoms with van der Waals surface area (Å²) in [7, 11) is 1.28. The van der Waals surface area contributed by atoms with Crippen LogP contribution >= 0.6 is 0 Å². The van der Waals surface area contributed by atoms with Crippen LogP contribution in [0.4, 0.5) is 5.69 Å². The van der Waals surface area contributed by atoms with Gasteiger partial charge in [-0.05, 0) is 61.9 Å². The first-order valence-electron chi connectivity index (χ1n) is 10.1. The second kappa shape index (κ2) is 12.5. The molecule has 0 unspecified atom stereocenters. The van der Waals surface area contributed by atoms with Crippen molar-refractivity contribution in [2.75, 3.05) is 32.2 Å². The second-order valence-corrected chi connectivity index (χ2v) is 6.43. The lowest BCUT2D eigenvalue weighted by Crippen LogP contribution is -2.15. The van der Waals surface area contributed by atoms with Crippen LogP contribution in [0, 0.1) is 11.3 Å². The molecule has 0 fully saturated rings. The van der Waals surface area contributed by atoms with Crippen LogP contribution in [-0.4, -0.2) is 44.8 Å². The quantitative estimate of drug-likeness (QED) is 0.331. The molecule has 2 rings (SSSR count). The third kappa shape index (κ3) is 7.40. The Labute approximate surface area is 191 Å². The van der Waals surface area contributed by atoms with Gasteiger partial charge in [0.25, 0.3) is 5.91 Å². The van der Waals surface area contributed by atoms with Gasteiger partial charge in [0.2, 0.25) is 0 Å². The standard InChI is InChI=1S/C24H24N2O7/c1-4-31-21-13-16(6-11-20(21)33-15-22(27)32-5-2)12-18(14-25)23(28)26-19-9-7-17(8-10-19)24(29)30-3/h6-13H,4-5,15H2,1-3H3,(H,26,28)/b18-12+. The monoisotopic (exact) mass is 452 g/mol. The van der Waals surface area contributed by atoms with Gasteiger partial charge >= 0.3 is 11.9 Å². The molecule has 0 aliphatic heterocycles. The Bertz CT molecular complexity index is 1070. The van der Waals surface area contributed by atoms with E-state index in [9.17, 15) is 19.6 Å². The molecule has 9 nitrogen and oxygen atoms in total. The summed E-state index contributed by atoms with van der Waals surface area (Å²) in [5.74, 6) is -0.941. The van der Waals surface area contributed by atoms with Crippen LogP contribution < -0.4 is 14.8 Å². The molecule has 1 amide bonds. The van der Waals surface area contributed by atoms with E-state index in [0.29, 0.717) is 34.9 Å². The maximum Gasteiger partial charge on any atom is 0.344 e. The van der Waals surface area contributed by atoms with Crippen LogP contribution in [0.3, 0.4) is 0 Å². The number of ether oxygens (including phenoxy) is 4. The third-order valence-corrected chi connectivity index (χ3v) is 4.16. The minimum Gasteiger partial charge on any atom is -0.490 e. The van der Waals surface area contributed by atoms with Gasteiger partial charge in [-0.3, -0.25) is 4.79 Å². The molecule has 0 aromatic heterocycles. The number of nitrogens with one attached hydrogen (secondary N) is 1. The first kappa shape index (κ1) is 24.9. The summed E-state index contributed by atoms with van der Waals surface area (Å²) in [5, 5.41) is 12.1. The number of hydrogen-bond acceptors (Lipinski definition) is 8. The minimum atomic E-state index is -0.621. The molecule has 9 heteroatoms. The molecule has 0 aliphatic carbocycles. The first-order chi connectivity index (χ1) is 15.9. The van der Waals surface area contributed by atoms with Gasteiger partial charge in [-0.15, -0.1) is 0 Å². The normalized spacial score (nSPS) is 10.5. The molecule has 2 aromatic rings. The maximum absolute atomic E-state index is 12.5. The highest BCUT2D eigenvalue weighted by molar-refractivity contribution is 6.09. The lowest BCUT2D eigenvalue weighted by Gasteiger charge is -2.12. The Morgan fingerprint density at radius 1 is 1.00 bits per heavy atom. The Balaban J connectivity index is 2.17. The summed E-state index contributed by atoms with van der Waals surface area (Å²) in [6, 6.07) is 12.7. The van der Waals surface area contributed by atoms with Crippen LogP contribution in [0.25, 0.3) is 6.08 Å². The molecule has 0 saturated carbocycles. The number of nitriles is 1. The average molecular weight is 452 g/mol. The number of esters is 2. The van der Waals surface area contributed by atoms with Crippen LogP contribution in [0.1, 0.15) is 29.8 Å². The zero-order valence-electron chi connectivity index (χ0n) is 18.5. The fourth-order valence-corrected chi connectivity index (χ4v) is 2.66. The number of amides is 1. The smallest absolute Gasteiger partial charge is 0.344 e. The highest BCUT2D eigenvalue weighted by Gasteiger charge is 2.13. The number of nitrogens with zero attached hydrogens (tertiary/aromatic N) is 1. The Morgan fingerprint density at radius 2 is 1.73 bits per heavy atom. The van der Waals surface area contributed by atoms with Crippen molar-refractivity contribution < 1.29 is 33.3 Å². The number of carbonyl (C=O) groups is 3. The molecule has 0 saturated heterocycles. The third-order valence-electron chi connectivity index (χ3n) is 4.16. The van der Waals surface area contributed by atoms with E-state index in [1.807, 2.05) is 6.07 Å². The average Bonchev–Trinajstić information content (AvgIpc) is 2.82. The minimum absolute atomic E-state index is 0.144. The van der Waals surface area contributed by atoms with E-state index in [0.717, 1.165) is 0 Å². The number of carbonyl (C=O) groups excluding carboxylic acids is 3. The van der Waals surface area contributed by atoms with Crippen molar-refractivity contribution in [2.24, 2.45) is 0 Å². The van der Waals surface area contributed by atoms with Gasteiger partial charge < -0.3 is 24.3 Å². The summed E-state index contributed by atoms with van der Waals surface area (Å²) >= 11 is 0. The van der Waals surface area contributed by atoms with E-state index in [1.165, 1.54) is 37.5 Å². The maximum atomic E-state index is 12.5. The number of hydrogen-bond donors (Lipinski definition) is 1.